The van der Waals surface area contributed by atoms with Crippen LogP contribution in [0.5, 0.6) is 0 Å². The van der Waals surface area contributed by atoms with Gasteiger partial charge in [-0.25, -0.2) is 4.98 Å². The van der Waals surface area contributed by atoms with Crippen LogP contribution in [0.2, 0.25) is 0 Å². The van der Waals surface area contributed by atoms with Crippen molar-refractivity contribution < 1.29 is 0 Å². The Labute approximate surface area is 71.8 Å². The van der Waals surface area contributed by atoms with E-state index in [1.807, 2.05) is 0 Å². The molecule has 1 saturated carbocycles. The van der Waals surface area contributed by atoms with Crippen LogP contribution in [0.15, 0.2) is 6.33 Å². The molecule has 1 atom stereocenters. The minimum atomic E-state index is 0.304. The third-order valence-corrected chi connectivity index (χ3v) is 2.43. The standard InChI is InChI=1S/C8H14N4/c1-6(8-9-5-10-12-8)11-7-3-2-4-7/h5-7,11H,2-4H2,1H3,(H,9,10,12). The SMILES string of the molecule is CC(NC1CCC1)c1ncn[nH]1. The Hall–Kier alpha value is -0.900. The highest BCUT2D eigenvalue weighted by Crippen LogP contribution is 2.21. The molecule has 0 spiro atoms. The van der Waals surface area contributed by atoms with Gasteiger partial charge in [0.15, 0.2) is 0 Å². The summed E-state index contributed by atoms with van der Waals surface area (Å²) in [5.41, 5.74) is 0. The van der Waals surface area contributed by atoms with Crippen LogP contribution in [-0.2, 0) is 0 Å². The van der Waals surface area contributed by atoms with Crippen LogP contribution in [0, 0.1) is 0 Å². The van der Waals surface area contributed by atoms with Gasteiger partial charge in [-0.1, -0.05) is 6.42 Å². The number of aromatic amines is 1. The highest BCUT2D eigenvalue weighted by Gasteiger charge is 2.20. The Bertz CT molecular complexity index is 227. The van der Waals surface area contributed by atoms with E-state index in [0.29, 0.717) is 12.1 Å². The highest BCUT2D eigenvalue weighted by atomic mass is 15.2. The van der Waals surface area contributed by atoms with Gasteiger partial charge < -0.3 is 5.32 Å². The van der Waals surface area contributed by atoms with E-state index in [1.165, 1.54) is 19.3 Å². The number of rotatable bonds is 3. The monoisotopic (exact) mass is 166 g/mol. The first-order valence-corrected chi connectivity index (χ1v) is 4.47. The van der Waals surface area contributed by atoms with E-state index in [-0.39, 0.29) is 0 Å². The minimum absolute atomic E-state index is 0.304. The lowest BCUT2D eigenvalue weighted by molar-refractivity contribution is 0.309. The maximum atomic E-state index is 4.10. The molecule has 0 radical (unpaired) electrons. The second-order valence-corrected chi connectivity index (χ2v) is 3.39. The van der Waals surface area contributed by atoms with E-state index in [9.17, 15) is 0 Å². The fourth-order valence-corrected chi connectivity index (χ4v) is 1.43. The number of hydrogen-bond acceptors (Lipinski definition) is 3. The number of nitrogens with one attached hydrogen (secondary N) is 2. The summed E-state index contributed by atoms with van der Waals surface area (Å²) in [6.07, 6.45) is 5.52. The summed E-state index contributed by atoms with van der Waals surface area (Å²) in [7, 11) is 0. The number of nitrogens with zero attached hydrogens (tertiary/aromatic N) is 2. The van der Waals surface area contributed by atoms with E-state index in [2.05, 4.69) is 27.4 Å². The van der Waals surface area contributed by atoms with Crippen molar-refractivity contribution in [1.29, 1.82) is 0 Å². The quantitative estimate of drug-likeness (QED) is 0.704. The third kappa shape index (κ3) is 1.48. The van der Waals surface area contributed by atoms with Gasteiger partial charge in [0.25, 0.3) is 0 Å². The summed E-state index contributed by atoms with van der Waals surface area (Å²) in [6, 6.07) is 1.00. The molecule has 1 aromatic heterocycles. The molecule has 1 aromatic rings. The van der Waals surface area contributed by atoms with Crippen molar-refractivity contribution in [1.82, 2.24) is 20.5 Å². The second kappa shape index (κ2) is 3.23. The molecule has 1 fully saturated rings. The van der Waals surface area contributed by atoms with Gasteiger partial charge in [-0.3, -0.25) is 5.10 Å². The number of aromatic nitrogens is 3. The molecule has 4 nitrogen and oxygen atoms in total. The summed E-state index contributed by atoms with van der Waals surface area (Å²) in [6.45, 7) is 2.11. The molecule has 0 saturated heterocycles. The molecule has 4 heteroatoms. The molecule has 1 heterocycles. The Balaban J connectivity index is 1.87. The predicted molar refractivity (Wildman–Crippen MR) is 45.6 cm³/mol. The second-order valence-electron chi connectivity index (χ2n) is 3.39. The Morgan fingerprint density at radius 3 is 3.00 bits per heavy atom. The van der Waals surface area contributed by atoms with Crippen LogP contribution in [0.1, 0.15) is 38.1 Å². The Morgan fingerprint density at radius 2 is 2.50 bits per heavy atom. The molecule has 66 valence electrons. The molecule has 0 aromatic carbocycles. The molecule has 2 N–H and O–H groups in total. The number of hydrogen-bond donors (Lipinski definition) is 2. The smallest absolute Gasteiger partial charge is 0.141 e. The third-order valence-electron chi connectivity index (χ3n) is 2.43. The zero-order valence-corrected chi connectivity index (χ0v) is 7.25. The van der Waals surface area contributed by atoms with E-state index in [0.717, 1.165) is 5.82 Å². The van der Waals surface area contributed by atoms with Gasteiger partial charge in [0, 0.05) is 6.04 Å². The molecule has 0 amide bonds. The summed E-state index contributed by atoms with van der Waals surface area (Å²) in [5.74, 6) is 0.932. The molecule has 2 rings (SSSR count). The van der Waals surface area contributed by atoms with Crippen LogP contribution in [0.4, 0.5) is 0 Å². The van der Waals surface area contributed by atoms with E-state index in [1.54, 1.807) is 6.33 Å². The van der Waals surface area contributed by atoms with Gasteiger partial charge >= 0.3 is 0 Å². The van der Waals surface area contributed by atoms with Crippen LogP contribution in [0.3, 0.4) is 0 Å². The molecule has 0 bridgehead atoms. The van der Waals surface area contributed by atoms with Gasteiger partial charge in [0.05, 0.1) is 6.04 Å². The van der Waals surface area contributed by atoms with Crippen molar-refractivity contribution >= 4 is 0 Å². The molecule has 1 aliphatic rings. The highest BCUT2D eigenvalue weighted by molar-refractivity contribution is 4.91. The first-order chi connectivity index (χ1) is 5.86. The molecule has 0 aliphatic heterocycles. The van der Waals surface area contributed by atoms with Crippen molar-refractivity contribution in [2.75, 3.05) is 0 Å². The molecule has 12 heavy (non-hydrogen) atoms. The fraction of sp³-hybridized carbons (Fsp3) is 0.750. The van der Waals surface area contributed by atoms with E-state index in [4.69, 9.17) is 0 Å². The van der Waals surface area contributed by atoms with Crippen LogP contribution < -0.4 is 5.32 Å². The number of H-pyrrole nitrogens is 1. The van der Waals surface area contributed by atoms with E-state index >= 15 is 0 Å². The summed E-state index contributed by atoms with van der Waals surface area (Å²) in [5, 5.41) is 10.2. The van der Waals surface area contributed by atoms with Crippen molar-refractivity contribution in [3.05, 3.63) is 12.2 Å². The lowest BCUT2D eigenvalue weighted by Crippen LogP contribution is -2.37. The minimum Gasteiger partial charge on any atom is -0.305 e. The maximum Gasteiger partial charge on any atom is 0.141 e. The van der Waals surface area contributed by atoms with Gasteiger partial charge in [0.1, 0.15) is 12.2 Å². The lowest BCUT2D eigenvalue weighted by atomic mass is 9.92. The normalized spacial score (nSPS) is 20.4. The topological polar surface area (TPSA) is 53.6 Å². The van der Waals surface area contributed by atoms with Crippen LogP contribution in [0.25, 0.3) is 0 Å². The molecular formula is C8H14N4. The summed E-state index contributed by atoms with van der Waals surface area (Å²) >= 11 is 0. The average molecular weight is 166 g/mol. The molecular weight excluding hydrogens is 152 g/mol. The molecule has 1 aliphatic carbocycles. The van der Waals surface area contributed by atoms with Gasteiger partial charge in [0.2, 0.25) is 0 Å². The van der Waals surface area contributed by atoms with Gasteiger partial charge in [-0.05, 0) is 19.8 Å². The average Bonchev–Trinajstić information content (AvgIpc) is 2.47. The largest absolute Gasteiger partial charge is 0.305 e. The summed E-state index contributed by atoms with van der Waals surface area (Å²) in [4.78, 5) is 4.10. The maximum absolute atomic E-state index is 4.10. The van der Waals surface area contributed by atoms with E-state index < -0.39 is 0 Å². The fourth-order valence-electron chi connectivity index (χ4n) is 1.43. The van der Waals surface area contributed by atoms with Crippen LogP contribution in [-0.4, -0.2) is 21.2 Å². The summed E-state index contributed by atoms with van der Waals surface area (Å²) < 4.78 is 0. The van der Waals surface area contributed by atoms with Gasteiger partial charge in [-0.15, -0.1) is 0 Å². The Morgan fingerprint density at radius 1 is 1.67 bits per heavy atom. The van der Waals surface area contributed by atoms with Gasteiger partial charge in [-0.2, -0.15) is 5.10 Å². The van der Waals surface area contributed by atoms with Crippen LogP contribution >= 0.6 is 0 Å². The van der Waals surface area contributed by atoms with Crippen molar-refractivity contribution in [3.8, 4) is 0 Å². The molecule has 1 unspecified atom stereocenters. The van der Waals surface area contributed by atoms with Crippen molar-refractivity contribution in [2.45, 2.75) is 38.3 Å². The van der Waals surface area contributed by atoms with Crippen molar-refractivity contribution in [3.63, 3.8) is 0 Å². The predicted octanol–water partition coefficient (Wildman–Crippen LogP) is 1.01. The zero-order valence-electron chi connectivity index (χ0n) is 7.25. The zero-order chi connectivity index (χ0) is 8.39. The Kier molecular flexibility index (Phi) is 2.08. The lowest BCUT2D eigenvalue weighted by Gasteiger charge is -2.29. The first kappa shape index (κ1) is 7.73. The first-order valence-electron chi connectivity index (χ1n) is 4.47. The van der Waals surface area contributed by atoms with Crippen molar-refractivity contribution in [2.24, 2.45) is 0 Å².